The highest BCUT2D eigenvalue weighted by molar-refractivity contribution is 6.05. The van der Waals surface area contributed by atoms with Crippen LogP contribution in [0.25, 0.3) is 10.8 Å². The summed E-state index contributed by atoms with van der Waals surface area (Å²) in [5, 5.41) is 12.7. The zero-order chi connectivity index (χ0) is 25.4. The molecule has 1 aromatic heterocycles. The number of pyridine rings is 1. The van der Waals surface area contributed by atoms with Crippen LogP contribution in [0.1, 0.15) is 84.7 Å². The molecule has 0 unspecified atom stereocenters. The second-order valence-corrected chi connectivity index (χ2v) is 11.2. The van der Waals surface area contributed by atoms with Crippen LogP contribution in [0.15, 0.2) is 48.5 Å². The van der Waals surface area contributed by atoms with Gasteiger partial charge in [0.15, 0.2) is 0 Å². The molecule has 2 fully saturated rings. The maximum absolute atomic E-state index is 13.6. The van der Waals surface area contributed by atoms with E-state index in [0.717, 1.165) is 75.2 Å². The van der Waals surface area contributed by atoms with Gasteiger partial charge in [-0.1, -0.05) is 56.5 Å². The van der Waals surface area contributed by atoms with Crippen LogP contribution in [0.4, 0.5) is 0 Å². The summed E-state index contributed by atoms with van der Waals surface area (Å²) in [6, 6.07) is 19.9. The molecular weight excluding hydrogens is 456 g/mol. The lowest BCUT2D eigenvalue weighted by atomic mass is 9.76. The maximum atomic E-state index is 13.6. The Morgan fingerprint density at radius 2 is 1.78 bits per heavy atom. The summed E-state index contributed by atoms with van der Waals surface area (Å²) < 4.78 is 0. The van der Waals surface area contributed by atoms with Crippen LogP contribution < -0.4 is 0 Å². The topological polar surface area (TPSA) is 60.2 Å². The minimum absolute atomic E-state index is 0.220. The van der Waals surface area contributed by atoms with Crippen LogP contribution in [0, 0.1) is 11.3 Å². The average molecular weight is 493 g/mol. The molecule has 3 aromatic rings. The fraction of sp³-hybridized carbons (Fsp3) is 0.469. The summed E-state index contributed by atoms with van der Waals surface area (Å²) >= 11 is 0. The van der Waals surface area contributed by atoms with E-state index in [-0.39, 0.29) is 5.91 Å². The molecular formula is C32H36N4O. The van der Waals surface area contributed by atoms with Gasteiger partial charge >= 0.3 is 0 Å². The molecule has 2 aromatic carbocycles. The quantitative estimate of drug-likeness (QED) is 0.429. The number of fused-ring (bicyclic) bond motifs is 3. The van der Waals surface area contributed by atoms with E-state index < -0.39 is 5.41 Å². The molecule has 37 heavy (non-hydrogen) atoms. The fourth-order valence-electron chi connectivity index (χ4n) is 6.79. The van der Waals surface area contributed by atoms with Crippen molar-refractivity contribution in [3.8, 4) is 6.07 Å². The molecule has 0 radical (unpaired) electrons. The summed E-state index contributed by atoms with van der Waals surface area (Å²) in [5.41, 5.74) is 4.79. The molecule has 190 valence electrons. The standard InChI is InChI=1S/C32H36N4O/c1-2-24-9-8-14-30(34-24)32(22-33)15-17-35(18-16-32)20-23-19-28-29(27-13-7-6-12-26(23)27)21-36(31(28)37)25-10-4-3-5-11-25/h6-9,12-14,19,25H,2-5,10-11,15-18,20-21H2,1H3. The number of aromatic nitrogens is 1. The van der Waals surface area contributed by atoms with Crippen LogP contribution in [0.2, 0.25) is 0 Å². The zero-order valence-electron chi connectivity index (χ0n) is 21.9. The molecule has 2 aliphatic heterocycles. The summed E-state index contributed by atoms with van der Waals surface area (Å²) in [4.78, 5) is 23.0. The maximum Gasteiger partial charge on any atom is 0.254 e. The molecule has 0 spiro atoms. The van der Waals surface area contributed by atoms with Gasteiger partial charge in [-0.3, -0.25) is 14.7 Å². The lowest BCUT2D eigenvalue weighted by Crippen LogP contribution is -2.42. The summed E-state index contributed by atoms with van der Waals surface area (Å²) in [6.07, 6.45) is 8.46. The van der Waals surface area contributed by atoms with Gasteiger partial charge in [-0.15, -0.1) is 0 Å². The van der Waals surface area contributed by atoms with Crippen molar-refractivity contribution < 1.29 is 4.79 Å². The number of hydrogen-bond donors (Lipinski definition) is 0. The van der Waals surface area contributed by atoms with E-state index in [0.29, 0.717) is 6.04 Å². The van der Waals surface area contributed by atoms with Crippen molar-refractivity contribution in [3.63, 3.8) is 0 Å². The highest BCUT2D eigenvalue weighted by Crippen LogP contribution is 2.38. The van der Waals surface area contributed by atoms with E-state index in [4.69, 9.17) is 4.98 Å². The van der Waals surface area contributed by atoms with E-state index in [2.05, 4.69) is 53.1 Å². The Labute approximate surface area is 220 Å². The Balaban J connectivity index is 1.25. The number of rotatable bonds is 5. The number of nitriles is 1. The van der Waals surface area contributed by atoms with Crippen molar-refractivity contribution in [3.05, 3.63) is 76.6 Å². The molecule has 1 saturated heterocycles. The van der Waals surface area contributed by atoms with Crippen molar-refractivity contribution >= 4 is 16.7 Å². The number of carbonyl (C=O) groups is 1. The SMILES string of the molecule is CCc1cccc(C2(C#N)CCN(Cc3cc4c(c5ccccc35)CN(C3CCCCC3)C4=O)CC2)n1. The predicted octanol–water partition coefficient (Wildman–Crippen LogP) is 6.14. The van der Waals surface area contributed by atoms with Gasteiger partial charge in [0.2, 0.25) is 0 Å². The third-order valence-electron chi connectivity index (χ3n) is 9.05. The van der Waals surface area contributed by atoms with E-state index >= 15 is 0 Å². The lowest BCUT2D eigenvalue weighted by Gasteiger charge is -2.37. The Bertz CT molecular complexity index is 1360. The third-order valence-corrected chi connectivity index (χ3v) is 9.05. The van der Waals surface area contributed by atoms with E-state index in [1.807, 2.05) is 18.2 Å². The largest absolute Gasteiger partial charge is 0.331 e. The molecule has 3 heterocycles. The average Bonchev–Trinajstić information content (AvgIpc) is 3.30. The number of likely N-dealkylation sites (tertiary alicyclic amines) is 1. The number of aryl methyl sites for hydroxylation is 1. The first-order chi connectivity index (χ1) is 18.1. The van der Waals surface area contributed by atoms with E-state index in [1.165, 1.54) is 41.2 Å². The normalized spacial score (nSPS) is 20.2. The molecule has 0 atom stereocenters. The minimum atomic E-state index is -0.516. The smallest absolute Gasteiger partial charge is 0.254 e. The van der Waals surface area contributed by atoms with Crippen molar-refractivity contribution in [2.24, 2.45) is 0 Å². The van der Waals surface area contributed by atoms with Crippen LogP contribution in [0.5, 0.6) is 0 Å². The number of amides is 1. The first-order valence-electron chi connectivity index (χ1n) is 14.1. The minimum Gasteiger partial charge on any atom is -0.331 e. The molecule has 1 amide bonds. The van der Waals surface area contributed by atoms with Crippen molar-refractivity contribution in [2.75, 3.05) is 13.1 Å². The van der Waals surface area contributed by atoms with Gasteiger partial charge in [-0.25, -0.2) is 0 Å². The van der Waals surface area contributed by atoms with Crippen molar-refractivity contribution in [1.82, 2.24) is 14.8 Å². The number of piperidine rings is 1. The Morgan fingerprint density at radius 3 is 2.51 bits per heavy atom. The summed E-state index contributed by atoms with van der Waals surface area (Å²) in [7, 11) is 0. The highest BCUT2D eigenvalue weighted by atomic mass is 16.2. The lowest BCUT2D eigenvalue weighted by molar-refractivity contribution is 0.0660. The van der Waals surface area contributed by atoms with Crippen molar-refractivity contribution in [1.29, 1.82) is 5.26 Å². The van der Waals surface area contributed by atoms with Gasteiger partial charge in [0.05, 0.1) is 11.8 Å². The molecule has 5 heteroatoms. The summed E-state index contributed by atoms with van der Waals surface area (Å²) in [5.74, 6) is 0.220. The monoisotopic (exact) mass is 492 g/mol. The molecule has 0 N–H and O–H groups in total. The van der Waals surface area contributed by atoms with Crippen LogP contribution in [-0.2, 0) is 24.9 Å². The van der Waals surface area contributed by atoms with Gasteiger partial charge < -0.3 is 4.90 Å². The van der Waals surface area contributed by atoms with Gasteiger partial charge in [0.1, 0.15) is 5.41 Å². The second-order valence-electron chi connectivity index (χ2n) is 11.2. The molecule has 6 rings (SSSR count). The first kappa shape index (κ1) is 24.1. The number of nitrogens with zero attached hydrogens (tertiary/aromatic N) is 4. The highest BCUT2D eigenvalue weighted by Gasteiger charge is 2.39. The van der Waals surface area contributed by atoms with Gasteiger partial charge in [-0.2, -0.15) is 5.26 Å². The fourth-order valence-corrected chi connectivity index (χ4v) is 6.79. The number of benzene rings is 2. The summed E-state index contributed by atoms with van der Waals surface area (Å²) in [6.45, 7) is 5.35. The van der Waals surface area contributed by atoms with Crippen LogP contribution in [0.3, 0.4) is 0 Å². The van der Waals surface area contributed by atoms with Gasteiger partial charge in [0.25, 0.3) is 5.91 Å². The molecule has 3 aliphatic rings. The van der Waals surface area contributed by atoms with Gasteiger partial charge in [0, 0.05) is 43.5 Å². The van der Waals surface area contributed by atoms with Crippen LogP contribution >= 0.6 is 0 Å². The first-order valence-corrected chi connectivity index (χ1v) is 14.1. The number of hydrogen-bond acceptors (Lipinski definition) is 4. The molecule has 1 saturated carbocycles. The Hall–Kier alpha value is -3.23. The number of carbonyl (C=O) groups excluding carboxylic acids is 1. The van der Waals surface area contributed by atoms with E-state index in [1.54, 1.807) is 0 Å². The van der Waals surface area contributed by atoms with Gasteiger partial charge in [-0.05, 0) is 72.2 Å². The molecule has 1 aliphatic carbocycles. The van der Waals surface area contributed by atoms with E-state index in [9.17, 15) is 10.1 Å². The molecule has 0 bridgehead atoms. The second kappa shape index (κ2) is 9.91. The Kier molecular flexibility index (Phi) is 6.46. The van der Waals surface area contributed by atoms with Crippen LogP contribution in [-0.4, -0.2) is 39.8 Å². The van der Waals surface area contributed by atoms with Crippen molar-refractivity contribution in [2.45, 2.75) is 82.8 Å². The zero-order valence-corrected chi connectivity index (χ0v) is 21.9. The third kappa shape index (κ3) is 4.32. The Morgan fingerprint density at radius 1 is 1.03 bits per heavy atom. The predicted molar refractivity (Wildman–Crippen MR) is 146 cm³/mol. The molecule has 5 nitrogen and oxygen atoms in total.